The summed E-state index contributed by atoms with van der Waals surface area (Å²) in [6.07, 6.45) is 0.515. The summed E-state index contributed by atoms with van der Waals surface area (Å²) >= 11 is 0. The van der Waals surface area contributed by atoms with Crippen molar-refractivity contribution in [2.75, 3.05) is 41.3 Å². The number of hydrogen-bond donors (Lipinski definition) is 1. The molecular weight excluding hydrogens is 406 g/mol. The number of likely N-dealkylation sites (N-methyl/N-ethyl adjacent to an activating group) is 1. The molecule has 0 saturated carbocycles. The van der Waals surface area contributed by atoms with E-state index in [1.165, 1.54) is 18.2 Å². The number of carbonyl (C=O) groups is 3. The van der Waals surface area contributed by atoms with Crippen LogP contribution in [0, 0.1) is 0 Å². The molecule has 0 aromatic heterocycles. The van der Waals surface area contributed by atoms with Crippen molar-refractivity contribution >= 4 is 17.5 Å². The Morgan fingerprint density at radius 1 is 0.871 bits per heavy atom. The molecule has 31 heavy (non-hydrogen) atoms. The van der Waals surface area contributed by atoms with Crippen molar-refractivity contribution in [2.45, 2.75) is 6.42 Å². The van der Waals surface area contributed by atoms with Gasteiger partial charge in [-0.3, -0.25) is 9.59 Å². The Kier molecular flexibility index (Phi) is 5.06. The largest absolute Gasteiger partial charge is 0.478 e. The summed E-state index contributed by atoms with van der Waals surface area (Å²) in [6, 6.07) is 5.89. The van der Waals surface area contributed by atoms with Gasteiger partial charge in [0.1, 0.15) is 5.56 Å². The molecule has 2 heterocycles. The number of Topliss-reactive ketones (excluding diaryl/α,β-unsaturated/α-hetero) is 2. The molecule has 162 valence electrons. The van der Waals surface area contributed by atoms with E-state index in [4.69, 9.17) is 18.9 Å². The smallest absolute Gasteiger partial charge is 0.340 e. The molecule has 0 fully saturated rings. The lowest BCUT2D eigenvalue weighted by atomic mass is 9.92. The zero-order valence-electron chi connectivity index (χ0n) is 17.4. The van der Waals surface area contributed by atoms with Crippen molar-refractivity contribution in [1.29, 1.82) is 0 Å². The van der Waals surface area contributed by atoms with Crippen LogP contribution in [0.2, 0.25) is 0 Å². The molecule has 0 radical (unpaired) electrons. The molecule has 2 aliphatic heterocycles. The summed E-state index contributed by atoms with van der Waals surface area (Å²) in [6.45, 7) is 0.581. The van der Waals surface area contributed by atoms with Gasteiger partial charge in [-0.25, -0.2) is 4.79 Å². The van der Waals surface area contributed by atoms with Crippen molar-refractivity contribution in [3.63, 3.8) is 0 Å². The number of carbonyl (C=O) groups excluding carboxylic acids is 2. The molecule has 0 spiro atoms. The minimum Gasteiger partial charge on any atom is -0.478 e. The molecule has 0 aliphatic carbocycles. The topological polar surface area (TPSA) is 108 Å². The lowest BCUT2D eigenvalue weighted by Gasteiger charge is -2.24. The van der Waals surface area contributed by atoms with Crippen LogP contribution in [0.5, 0.6) is 23.0 Å². The Labute approximate surface area is 178 Å². The number of carboxylic acid groups (broad SMARTS) is 1. The molecule has 2 aliphatic rings. The molecule has 9 heteroatoms. The Hall–Kier alpha value is -3.59. The van der Waals surface area contributed by atoms with Gasteiger partial charge < -0.3 is 28.5 Å². The molecular formula is C22H22NO8+. The van der Waals surface area contributed by atoms with Crippen molar-refractivity contribution in [3.8, 4) is 23.0 Å². The van der Waals surface area contributed by atoms with E-state index >= 15 is 0 Å². The van der Waals surface area contributed by atoms with Gasteiger partial charge in [0.15, 0.2) is 23.0 Å². The number of aromatic carboxylic acids is 1. The van der Waals surface area contributed by atoms with Gasteiger partial charge in [0, 0.05) is 17.5 Å². The molecule has 1 N–H and O–H groups in total. The SMILES string of the molecule is C[N+](C)(C)CCc1cc2c(cc1C(=O)C(=O)c1ccc3c(c1C(=O)O)OCO3)OCO2. The average molecular weight is 428 g/mol. The third-order valence-corrected chi connectivity index (χ3v) is 5.10. The Bertz CT molecular complexity index is 1100. The fourth-order valence-corrected chi connectivity index (χ4v) is 3.48. The minimum absolute atomic E-state index is 0.0288. The number of rotatable bonds is 7. The van der Waals surface area contributed by atoms with Gasteiger partial charge >= 0.3 is 5.97 Å². The number of ketones is 2. The number of quaternary nitrogens is 1. The van der Waals surface area contributed by atoms with E-state index in [1.54, 1.807) is 6.07 Å². The van der Waals surface area contributed by atoms with Gasteiger partial charge in [0.2, 0.25) is 25.2 Å². The van der Waals surface area contributed by atoms with Crippen molar-refractivity contribution < 1.29 is 42.9 Å². The molecule has 0 bridgehead atoms. The Morgan fingerprint density at radius 3 is 2.16 bits per heavy atom. The van der Waals surface area contributed by atoms with Crippen LogP contribution >= 0.6 is 0 Å². The molecule has 2 aromatic carbocycles. The molecule has 2 aromatic rings. The summed E-state index contributed by atoms with van der Waals surface area (Å²) in [5.74, 6) is -2.11. The van der Waals surface area contributed by atoms with Crippen LogP contribution in [-0.4, -0.2) is 68.4 Å². The van der Waals surface area contributed by atoms with E-state index in [2.05, 4.69) is 0 Å². The maximum atomic E-state index is 13.2. The Morgan fingerprint density at radius 2 is 1.48 bits per heavy atom. The number of nitrogens with zero attached hydrogens (tertiary/aromatic N) is 1. The second kappa shape index (κ2) is 7.59. The summed E-state index contributed by atoms with van der Waals surface area (Å²) in [7, 11) is 6.06. The van der Waals surface area contributed by atoms with Gasteiger partial charge in [-0.1, -0.05) is 0 Å². The van der Waals surface area contributed by atoms with Crippen molar-refractivity contribution in [1.82, 2.24) is 0 Å². The van der Waals surface area contributed by atoms with E-state index in [1.807, 2.05) is 21.1 Å². The first-order valence-electron chi connectivity index (χ1n) is 9.63. The first-order valence-corrected chi connectivity index (χ1v) is 9.63. The maximum absolute atomic E-state index is 13.2. The maximum Gasteiger partial charge on any atom is 0.340 e. The van der Waals surface area contributed by atoms with Crippen molar-refractivity contribution in [2.24, 2.45) is 0 Å². The first-order chi connectivity index (χ1) is 14.7. The average Bonchev–Trinajstić information content (AvgIpc) is 3.37. The molecule has 0 atom stereocenters. The molecule has 0 amide bonds. The summed E-state index contributed by atoms with van der Waals surface area (Å²) in [5, 5.41) is 9.65. The summed E-state index contributed by atoms with van der Waals surface area (Å²) in [5.41, 5.74) is 0.156. The van der Waals surface area contributed by atoms with Crippen LogP contribution < -0.4 is 18.9 Å². The normalized spacial score (nSPS) is 13.9. The fraction of sp³-hybridized carbons (Fsp3) is 0.318. The highest BCUT2D eigenvalue weighted by Gasteiger charge is 2.33. The number of benzene rings is 2. The molecule has 0 unspecified atom stereocenters. The van der Waals surface area contributed by atoms with Gasteiger partial charge in [-0.2, -0.15) is 0 Å². The number of fused-ring (bicyclic) bond motifs is 2. The standard InChI is InChI=1S/C22H21NO8/c1-23(2,3)7-6-12-8-16-17(30-10-29-16)9-14(12)20(25)19(24)13-4-5-15-21(31-11-28-15)18(13)22(26)27/h4-5,8-9H,6-7,10-11H2,1-3H3/p+1. The van der Waals surface area contributed by atoms with Gasteiger partial charge in [-0.05, 0) is 29.8 Å². The highest BCUT2D eigenvalue weighted by atomic mass is 16.7. The predicted octanol–water partition coefficient (Wildman–Crippen LogP) is 2.16. The predicted molar refractivity (Wildman–Crippen MR) is 107 cm³/mol. The lowest BCUT2D eigenvalue weighted by molar-refractivity contribution is -0.870. The van der Waals surface area contributed by atoms with Gasteiger partial charge in [0.05, 0.1) is 27.7 Å². The second-order valence-corrected chi connectivity index (χ2v) is 8.31. The van der Waals surface area contributed by atoms with Crippen LogP contribution in [0.4, 0.5) is 0 Å². The van der Waals surface area contributed by atoms with E-state index in [9.17, 15) is 19.5 Å². The van der Waals surface area contributed by atoms with Gasteiger partial charge in [0.25, 0.3) is 0 Å². The summed E-state index contributed by atoms with van der Waals surface area (Å²) in [4.78, 5) is 38.2. The summed E-state index contributed by atoms with van der Waals surface area (Å²) < 4.78 is 21.9. The third kappa shape index (κ3) is 3.91. The van der Waals surface area contributed by atoms with Gasteiger partial charge in [-0.15, -0.1) is 0 Å². The molecule has 4 rings (SSSR count). The zero-order chi connectivity index (χ0) is 22.3. The van der Waals surface area contributed by atoms with Crippen LogP contribution in [0.1, 0.15) is 36.6 Å². The van der Waals surface area contributed by atoms with Crippen LogP contribution in [0.3, 0.4) is 0 Å². The monoisotopic (exact) mass is 428 g/mol. The number of ether oxygens (including phenoxy) is 4. The first kappa shape index (κ1) is 20.7. The zero-order valence-corrected chi connectivity index (χ0v) is 17.4. The number of carboxylic acids is 1. The van der Waals surface area contributed by atoms with Crippen LogP contribution in [0.25, 0.3) is 0 Å². The Balaban J connectivity index is 1.75. The number of hydrogen-bond acceptors (Lipinski definition) is 7. The molecule has 9 nitrogen and oxygen atoms in total. The third-order valence-electron chi connectivity index (χ3n) is 5.10. The van der Waals surface area contributed by atoms with Crippen LogP contribution in [-0.2, 0) is 6.42 Å². The second-order valence-electron chi connectivity index (χ2n) is 8.31. The van der Waals surface area contributed by atoms with E-state index in [0.717, 1.165) is 0 Å². The highest BCUT2D eigenvalue weighted by Crippen LogP contribution is 2.39. The highest BCUT2D eigenvalue weighted by molar-refractivity contribution is 6.50. The van der Waals surface area contributed by atoms with E-state index in [0.29, 0.717) is 34.5 Å². The molecule has 0 saturated heterocycles. The van der Waals surface area contributed by atoms with E-state index in [-0.39, 0.29) is 41.8 Å². The van der Waals surface area contributed by atoms with Crippen molar-refractivity contribution in [3.05, 3.63) is 46.5 Å². The van der Waals surface area contributed by atoms with Crippen LogP contribution in [0.15, 0.2) is 24.3 Å². The lowest BCUT2D eigenvalue weighted by Crippen LogP contribution is -2.36. The quantitative estimate of drug-likeness (QED) is 0.406. The fourth-order valence-electron chi connectivity index (χ4n) is 3.48. The van der Waals surface area contributed by atoms with E-state index < -0.39 is 17.5 Å². The minimum atomic E-state index is -1.38.